The van der Waals surface area contributed by atoms with E-state index in [1.165, 1.54) is 0 Å². The van der Waals surface area contributed by atoms with Gasteiger partial charge >= 0.3 is 0 Å². The van der Waals surface area contributed by atoms with Crippen LogP contribution in [0.25, 0.3) is 11.0 Å². The van der Waals surface area contributed by atoms with Crippen LogP contribution < -0.4 is 0 Å². The molecule has 0 bridgehead atoms. The van der Waals surface area contributed by atoms with E-state index >= 15 is 0 Å². The molecule has 1 aromatic heterocycles. The number of hydrogen-bond donors (Lipinski definition) is 0. The minimum Gasteiger partial charge on any atom is -0.320 e. The van der Waals surface area contributed by atoms with E-state index in [0.717, 1.165) is 31.2 Å². The van der Waals surface area contributed by atoms with Crippen molar-refractivity contribution in [3.05, 3.63) is 30.1 Å². The summed E-state index contributed by atoms with van der Waals surface area (Å²) < 4.78 is 28.0. The van der Waals surface area contributed by atoms with Crippen molar-refractivity contribution in [1.82, 2.24) is 9.55 Å². The second-order valence-electron chi connectivity index (χ2n) is 4.97. The van der Waals surface area contributed by atoms with Crippen molar-refractivity contribution in [1.29, 1.82) is 0 Å². The monoisotopic (exact) mass is 266 g/mol. The molecule has 0 aliphatic heterocycles. The van der Waals surface area contributed by atoms with Crippen LogP contribution in [0.1, 0.15) is 57.8 Å². The fourth-order valence-corrected chi connectivity index (χ4v) is 2.50. The van der Waals surface area contributed by atoms with Crippen molar-refractivity contribution in [3.63, 3.8) is 0 Å². The Labute approximate surface area is 112 Å². The fraction of sp³-hybridized carbons (Fsp3) is 0.533. The van der Waals surface area contributed by atoms with Crippen molar-refractivity contribution >= 4 is 11.0 Å². The van der Waals surface area contributed by atoms with Gasteiger partial charge in [0.15, 0.2) is 5.82 Å². The van der Waals surface area contributed by atoms with Gasteiger partial charge in [-0.3, -0.25) is 0 Å². The highest BCUT2D eigenvalue weighted by Gasteiger charge is 2.21. The van der Waals surface area contributed by atoms with Gasteiger partial charge < -0.3 is 4.57 Å². The zero-order chi connectivity index (χ0) is 13.8. The molecule has 2 aromatic rings. The molecule has 2 nitrogen and oxygen atoms in total. The van der Waals surface area contributed by atoms with E-state index in [-0.39, 0.29) is 11.9 Å². The van der Waals surface area contributed by atoms with Crippen LogP contribution in [0.15, 0.2) is 24.3 Å². The quantitative estimate of drug-likeness (QED) is 0.664. The summed E-state index contributed by atoms with van der Waals surface area (Å²) in [6, 6.07) is 7.41. The molecule has 0 saturated heterocycles. The van der Waals surface area contributed by atoms with Gasteiger partial charge in [0.25, 0.3) is 6.43 Å². The summed E-state index contributed by atoms with van der Waals surface area (Å²) in [5.41, 5.74) is 1.46. The molecule has 0 aliphatic rings. The molecule has 0 amide bonds. The number of aromatic nitrogens is 2. The van der Waals surface area contributed by atoms with Crippen molar-refractivity contribution in [3.8, 4) is 0 Å². The Balaban J connectivity index is 2.35. The lowest BCUT2D eigenvalue weighted by atomic mass is 10.1. The van der Waals surface area contributed by atoms with Gasteiger partial charge in [-0.1, -0.05) is 38.3 Å². The number of halogens is 2. The molecule has 1 heterocycles. The normalized spacial score (nSPS) is 13.3. The number of rotatable bonds is 6. The second-order valence-corrected chi connectivity index (χ2v) is 4.97. The summed E-state index contributed by atoms with van der Waals surface area (Å²) in [6.45, 7) is 4.14. The van der Waals surface area contributed by atoms with Crippen molar-refractivity contribution in [2.24, 2.45) is 0 Å². The maximum absolute atomic E-state index is 13.1. The van der Waals surface area contributed by atoms with Crippen molar-refractivity contribution < 1.29 is 8.78 Å². The topological polar surface area (TPSA) is 17.8 Å². The summed E-state index contributed by atoms with van der Waals surface area (Å²) in [7, 11) is 0. The highest BCUT2D eigenvalue weighted by Crippen LogP contribution is 2.29. The summed E-state index contributed by atoms with van der Waals surface area (Å²) >= 11 is 0. The predicted molar refractivity (Wildman–Crippen MR) is 73.5 cm³/mol. The van der Waals surface area contributed by atoms with Gasteiger partial charge in [0, 0.05) is 6.04 Å². The molecule has 2 rings (SSSR count). The van der Waals surface area contributed by atoms with Gasteiger partial charge in [-0.15, -0.1) is 0 Å². The molecule has 1 aromatic carbocycles. The number of alkyl halides is 2. The first kappa shape index (κ1) is 14.0. The average Bonchev–Trinajstić information content (AvgIpc) is 2.78. The Morgan fingerprint density at radius 2 is 1.95 bits per heavy atom. The standard InChI is InChI=1S/C15H20F2N2/c1-3-4-5-8-11(2)19-13-10-7-6-9-12(13)18-15(19)14(16)17/h6-7,9-11,14H,3-5,8H2,1-2H3. The molecule has 0 N–H and O–H groups in total. The van der Waals surface area contributed by atoms with Gasteiger partial charge in [-0.25, -0.2) is 13.8 Å². The molecule has 0 saturated carbocycles. The lowest BCUT2D eigenvalue weighted by molar-refractivity contribution is 0.133. The highest BCUT2D eigenvalue weighted by atomic mass is 19.3. The fourth-order valence-electron chi connectivity index (χ4n) is 2.50. The molecule has 1 unspecified atom stereocenters. The molecule has 0 aliphatic carbocycles. The third-order valence-corrected chi connectivity index (χ3v) is 3.48. The van der Waals surface area contributed by atoms with Gasteiger partial charge in [0.2, 0.25) is 0 Å². The van der Waals surface area contributed by atoms with Crippen LogP contribution in [0, 0.1) is 0 Å². The smallest absolute Gasteiger partial charge is 0.295 e. The van der Waals surface area contributed by atoms with Gasteiger partial charge in [0.05, 0.1) is 11.0 Å². The number of unbranched alkanes of at least 4 members (excludes halogenated alkanes) is 2. The van der Waals surface area contributed by atoms with Gasteiger partial charge in [-0.05, 0) is 25.5 Å². The molecule has 1 atom stereocenters. The Hall–Kier alpha value is -1.45. The maximum atomic E-state index is 13.1. The Morgan fingerprint density at radius 3 is 2.63 bits per heavy atom. The zero-order valence-electron chi connectivity index (χ0n) is 11.4. The van der Waals surface area contributed by atoms with Gasteiger partial charge in [-0.2, -0.15) is 0 Å². The van der Waals surface area contributed by atoms with Crippen LogP contribution in [-0.2, 0) is 0 Å². The van der Waals surface area contributed by atoms with Crippen LogP contribution in [-0.4, -0.2) is 9.55 Å². The predicted octanol–water partition coefficient (Wildman–Crippen LogP) is 5.12. The van der Waals surface area contributed by atoms with E-state index in [1.807, 2.05) is 25.1 Å². The first-order valence-corrected chi connectivity index (χ1v) is 6.90. The highest BCUT2D eigenvalue weighted by molar-refractivity contribution is 5.76. The third kappa shape index (κ3) is 2.94. The Bertz CT molecular complexity index is 534. The number of imidazole rings is 1. The lowest BCUT2D eigenvalue weighted by Crippen LogP contribution is -2.10. The van der Waals surface area contributed by atoms with E-state index in [9.17, 15) is 8.78 Å². The average molecular weight is 266 g/mol. The number of benzene rings is 1. The summed E-state index contributed by atoms with van der Waals surface area (Å²) in [4.78, 5) is 4.07. The maximum Gasteiger partial charge on any atom is 0.295 e. The lowest BCUT2D eigenvalue weighted by Gasteiger charge is -2.17. The van der Waals surface area contributed by atoms with E-state index in [4.69, 9.17) is 0 Å². The summed E-state index contributed by atoms with van der Waals surface area (Å²) in [5, 5.41) is 0. The minimum atomic E-state index is -2.53. The Morgan fingerprint density at radius 1 is 1.21 bits per heavy atom. The van der Waals surface area contributed by atoms with Crippen molar-refractivity contribution in [2.45, 2.75) is 52.0 Å². The van der Waals surface area contributed by atoms with E-state index in [2.05, 4.69) is 11.9 Å². The minimum absolute atomic E-state index is 0.0583. The van der Waals surface area contributed by atoms with Crippen LogP contribution in [0.2, 0.25) is 0 Å². The third-order valence-electron chi connectivity index (χ3n) is 3.48. The molecule has 104 valence electrons. The van der Waals surface area contributed by atoms with Crippen LogP contribution >= 0.6 is 0 Å². The Kier molecular flexibility index (Phi) is 4.51. The first-order chi connectivity index (χ1) is 9.15. The van der Waals surface area contributed by atoms with E-state index in [0.29, 0.717) is 5.52 Å². The number of para-hydroxylation sites is 2. The number of fused-ring (bicyclic) bond motifs is 1. The molecule has 0 spiro atoms. The largest absolute Gasteiger partial charge is 0.320 e. The molecular weight excluding hydrogens is 246 g/mol. The molecule has 0 radical (unpaired) electrons. The number of nitrogens with zero attached hydrogens (tertiary/aromatic N) is 2. The van der Waals surface area contributed by atoms with Crippen molar-refractivity contribution in [2.75, 3.05) is 0 Å². The van der Waals surface area contributed by atoms with Crippen LogP contribution in [0.3, 0.4) is 0 Å². The zero-order valence-corrected chi connectivity index (χ0v) is 11.4. The summed E-state index contributed by atoms with van der Waals surface area (Å²) in [6.07, 6.45) is 1.72. The summed E-state index contributed by atoms with van der Waals surface area (Å²) in [5.74, 6) is -0.106. The van der Waals surface area contributed by atoms with E-state index < -0.39 is 6.43 Å². The number of hydrogen-bond acceptors (Lipinski definition) is 1. The molecule has 4 heteroatoms. The first-order valence-electron chi connectivity index (χ1n) is 6.90. The van der Waals surface area contributed by atoms with Gasteiger partial charge in [0.1, 0.15) is 0 Å². The molecule has 0 fully saturated rings. The SMILES string of the molecule is CCCCCC(C)n1c(C(F)F)nc2ccccc21. The molecule has 19 heavy (non-hydrogen) atoms. The van der Waals surface area contributed by atoms with Crippen LogP contribution in [0.4, 0.5) is 8.78 Å². The molecular formula is C15H20F2N2. The van der Waals surface area contributed by atoms with Crippen LogP contribution in [0.5, 0.6) is 0 Å². The second kappa shape index (κ2) is 6.13. The van der Waals surface area contributed by atoms with E-state index in [1.54, 1.807) is 10.6 Å².